The third kappa shape index (κ3) is 3.98. The summed E-state index contributed by atoms with van der Waals surface area (Å²) in [6, 6.07) is 13.4. The molecule has 0 fully saturated rings. The van der Waals surface area contributed by atoms with Gasteiger partial charge in [-0.3, -0.25) is 4.79 Å². The van der Waals surface area contributed by atoms with Crippen LogP contribution < -0.4 is 10.1 Å². The van der Waals surface area contributed by atoms with Gasteiger partial charge in [-0.1, -0.05) is 24.3 Å². The average Bonchev–Trinajstić information content (AvgIpc) is 2.52. The number of hydrogen-bond acceptors (Lipinski definition) is 3. The van der Waals surface area contributed by atoms with E-state index in [1.165, 1.54) is 11.6 Å². The van der Waals surface area contributed by atoms with E-state index in [4.69, 9.17) is 4.74 Å². The number of carbonyl (C=O) groups excluding carboxylic acids is 1. The maximum absolute atomic E-state index is 12.2. The average molecular weight is 295 g/mol. The second kappa shape index (κ2) is 7.46. The van der Waals surface area contributed by atoms with Crippen LogP contribution in [0.1, 0.15) is 28.4 Å². The van der Waals surface area contributed by atoms with Gasteiger partial charge in [0.15, 0.2) is 5.78 Å². The van der Waals surface area contributed by atoms with Crippen molar-refractivity contribution in [2.75, 3.05) is 11.9 Å². The highest BCUT2D eigenvalue weighted by Crippen LogP contribution is 2.23. The highest BCUT2D eigenvalue weighted by atomic mass is 16.5. The number of ether oxygens (including phenoxy) is 1. The second-order valence-corrected chi connectivity index (χ2v) is 5.07. The molecule has 0 aliphatic heterocycles. The molecule has 22 heavy (non-hydrogen) atoms. The molecule has 2 aromatic rings. The number of aryl methyl sites for hydroxylation is 2. The first-order valence-corrected chi connectivity index (χ1v) is 7.38. The molecule has 0 spiro atoms. The van der Waals surface area contributed by atoms with Crippen LogP contribution in [0, 0.1) is 13.8 Å². The molecule has 0 aliphatic carbocycles. The molecular weight excluding hydrogens is 274 g/mol. The Labute approximate surface area is 131 Å². The molecular formula is C19H21NO2. The van der Waals surface area contributed by atoms with Crippen molar-refractivity contribution >= 4 is 11.5 Å². The largest absolute Gasteiger partial charge is 0.492 e. The summed E-state index contributed by atoms with van der Waals surface area (Å²) in [6.07, 6.45) is 3.18. The minimum atomic E-state index is -0.0236. The van der Waals surface area contributed by atoms with Gasteiger partial charge >= 0.3 is 0 Å². The zero-order valence-corrected chi connectivity index (χ0v) is 13.2. The summed E-state index contributed by atoms with van der Waals surface area (Å²) < 4.78 is 5.53. The molecule has 0 amide bonds. The van der Waals surface area contributed by atoms with Crippen molar-refractivity contribution in [3.8, 4) is 5.75 Å². The maximum atomic E-state index is 12.2. The summed E-state index contributed by atoms with van der Waals surface area (Å²) in [5.74, 6) is 0.748. The molecule has 0 aromatic heterocycles. The van der Waals surface area contributed by atoms with E-state index >= 15 is 0 Å². The SMILES string of the molecule is CCOc1ccccc1N/C=C/C(=O)c1ccc(C)c(C)c1. The lowest BCUT2D eigenvalue weighted by Gasteiger charge is -2.09. The van der Waals surface area contributed by atoms with Crippen LogP contribution in [0.3, 0.4) is 0 Å². The van der Waals surface area contributed by atoms with Crippen molar-refractivity contribution < 1.29 is 9.53 Å². The van der Waals surface area contributed by atoms with Gasteiger partial charge in [0.2, 0.25) is 0 Å². The first-order chi connectivity index (χ1) is 10.6. The van der Waals surface area contributed by atoms with Crippen LogP contribution in [0.5, 0.6) is 5.75 Å². The Morgan fingerprint density at radius 2 is 1.91 bits per heavy atom. The zero-order chi connectivity index (χ0) is 15.9. The van der Waals surface area contributed by atoms with Crippen molar-refractivity contribution in [2.45, 2.75) is 20.8 Å². The van der Waals surface area contributed by atoms with Crippen molar-refractivity contribution in [1.82, 2.24) is 0 Å². The molecule has 0 bridgehead atoms. The monoisotopic (exact) mass is 295 g/mol. The molecule has 3 heteroatoms. The molecule has 0 radical (unpaired) electrons. The summed E-state index contributed by atoms with van der Waals surface area (Å²) in [5.41, 5.74) is 3.84. The van der Waals surface area contributed by atoms with E-state index in [9.17, 15) is 4.79 Å². The van der Waals surface area contributed by atoms with Gasteiger partial charge in [0, 0.05) is 17.8 Å². The summed E-state index contributed by atoms with van der Waals surface area (Å²) >= 11 is 0. The van der Waals surface area contributed by atoms with Crippen LogP contribution in [-0.2, 0) is 0 Å². The van der Waals surface area contributed by atoms with Crippen LogP contribution in [0.25, 0.3) is 0 Å². The molecule has 1 N–H and O–H groups in total. The third-order valence-corrected chi connectivity index (χ3v) is 3.45. The number of allylic oxidation sites excluding steroid dienone is 1. The smallest absolute Gasteiger partial charge is 0.187 e. The Balaban J connectivity index is 2.06. The number of rotatable bonds is 6. The highest BCUT2D eigenvalue weighted by Gasteiger charge is 2.04. The molecule has 0 unspecified atom stereocenters. The molecule has 0 heterocycles. The molecule has 2 aromatic carbocycles. The normalized spacial score (nSPS) is 10.7. The fraction of sp³-hybridized carbons (Fsp3) is 0.211. The van der Waals surface area contributed by atoms with E-state index in [0.717, 1.165) is 17.0 Å². The lowest BCUT2D eigenvalue weighted by molar-refractivity contribution is 0.104. The van der Waals surface area contributed by atoms with E-state index in [1.54, 1.807) is 6.20 Å². The number of ketones is 1. The Morgan fingerprint density at radius 1 is 1.14 bits per heavy atom. The van der Waals surface area contributed by atoms with E-state index in [0.29, 0.717) is 12.2 Å². The molecule has 114 valence electrons. The van der Waals surface area contributed by atoms with Gasteiger partial charge in [0.1, 0.15) is 5.75 Å². The number of benzene rings is 2. The van der Waals surface area contributed by atoms with Gasteiger partial charge in [-0.05, 0) is 50.1 Å². The fourth-order valence-electron chi connectivity index (χ4n) is 2.07. The van der Waals surface area contributed by atoms with Gasteiger partial charge in [-0.15, -0.1) is 0 Å². The maximum Gasteiger partial charge on any atom is 0.187 e. The van der Waals surface area contributed by atoms with Crippen LogP contribution in [0.2, 0.25) is 0 Å². The number of carbonyl (C=O) groups is 1. The number of anilines is 1. The van der Waals surface area contributed by atoms with Crippen LogP contribution in [0.4, 0.5) is 5.69 Å². The van der Waals surface area contributed by atoms with Gasteiger partial charge < -0.3 is 10.1 Å². The molecule has 2 rings (SSSR count). The van der Waals surface area contributed by atoms with Crippen molar-refractivity contribution in [3.05, 3.63) is 71.4 Å². The number of nitrogens with one attached hydrogen (secondary N) is 1. The standard InChI is InChI=1S/C19H21NO2/c1-4-22-19-8-6-5-7-17(19)20-12-11-18(21)16-10-9-14(2)15(3)13-16/h5-13,20H,4H2,1-3H3/b12-11+. The van der Waals surface area contributed by atoms with Crippen molar-refractivity contribution in [2.24, 2.45) is 0 Å². The van der Waals surface area contributed by atoms with Gasteiger partial charge in [-0.25, -0.2) is 0 Å². The fourth-order valence-corrected chi connectivity index (χ4v) is 2.07. The van der Waals surface area contributed by atoms with Gasteiger partial charge in [0.05, 0.1) is 12.3 Å². The van der Waals surface area contributed by atoms with Gasteiger partial charge in [0.25, 0.3) is 0 Å². The molecule has 0 saturated heterocycles. The van der Waals surface area contributed by atoms with Crippen LogP contribution in [-0.4, -0.2) is 12.4 Å². The molecule has 0 atom stereocenters. The summed E-state index contributed by atoms with van der Waals surface area (Å²) in [5, 5.41) is 3.10. The zero-order valence-electron chi connectivity index (χ0n) is 13.2. The number of hydrogen-bond donors (Lipinski definition) is 1. The van der Waals surface area contributed by atoms with Crippen molar-refractivity contribution in [1.29, 1.82) is 0 Å². The lowest BCUT2D eigenvalue weighted by Crippen LogP contribution is -1.99. The summed E-state index contributed by atoms with van der Waals surface area (Å²) in [4.78, 5) is 12.2. The Hall–Kier alpha value is -2.55. The Morgan fingerprint density at radius 3 is 2.64 bits per heavy atom. The number of para-hydroxylation sites is 2. The molecule has 0 saturated carbocycles. The van der Waals surface area contributed by atoms with E-state index < -0.39 is 0 Å². The minimum absolute atomic E-state index is 0.0236. The topological polar surface area (TPSA) is 38.3 Å². The Bertz CT molecular complexity index is 690. The Kier molecular flexibility index (Phi) is 5.37. The molecule has 0 aliphatic rings. The predicted octanol–water partition coefficient (Wildman–Crippen LogP) is 4.51. The molecule has 3 nitrogen and oxygen atoms in total. The quantitative estimate of drug-likeness (QED) is 0.629. The first-order valence-electron chi connectivity index (χ1n) is 7.38. The van der Waals surface area contributed by atoms with E-state index in [-0.39, 0.29) is 5.78 Å². The first kappa shape index (κ1) is 15.8. The van der Waals surface area contributed by atoms with Crippen LogP contribution >= 0.6 is 0 Å². The third-order valence-electron chi connectivity index (χ3n) is 3.45. The minimum Gasteiger partial charge on any atom is -0.492 e. The highest BCUT2D eigenvalue weighted by molar-refractivity contribution is 6.04. The van der Waals surface area contributed by atoms with Crippen molar-refractivity contribution in [3.63, 3.8) is 0 Å². The van der Waals surface area contributed by atoms with Crippen LogP contribution in [0.15, 0.2) is 54.7 Å². The van der Waals surface area contributed by atoms with Gasteiger partial charge in [-0.2, -0.15) is 0 Å². The lowest BCUT2D eigenvalue weighted by atomic mass is 10.0. The van der Waals surface area contributed by atoms with E-state index in [1.807, 2.05) is 63.2 Å². The summed E-state index contributed by atoms with van der Waals surface area (Å²) in [6.45, 7) is 6.58. The predicted molar refractivity (Wildman–Crippen MR) is 90.6 cm³/mol. The van der Waals surface area contributed by atoms with E-state index in [2.05, 4.69) is 5.32 Å². The second-order valence-electron chi connectivity index (χ2n) is 5.07. The summed E-state index contributed by atoms with van der Waals surface area (Å²) in [7, 11) is 0.